The number of hydrogen-bond acceptors (Lipinski definition) is 7. The maximum absolute atomic E-state index is 11.0. The molecule has 1 aliphatic heterocycles. The molecule has 0 fully saturated rings. The van der Waals surface area contributed by atoms with E-state index >= 15 is 0 Å². The maximum atomic E-state index is 11.0. The van der Waals surface area contributed by atoms with Gasteiger partial charge in [-0.15, -0.1) is 0 Å². The number of aromatic nitrogens is 2. The molecule has 0 aliphatic carbocycles. The lowest BCUT2D eigenvalue weighted by Crippen LogP contribution is -2.41. The van der Waals surface area contributed by atoms with Crippen molar-refractivity contribution in [1.82, 2.24) is 9.97 Å². The molecule has 1 aliphatic rings. The Labute approximate surface area is 145 Å². The van der Waals surface area contributed by atoms with Gasteiger partial charge in [0.25, 0.3) is 5.56 Å². The second-order valence-electron chi connectivity index (χ2n) is 3.67. The first kappa shape index (κ1) is 27.5. The first-order chi connectivity index (χ1) is 11.7. The van der Waals surface area contributed by atoms with E-state index in [2.05, 4.69) is 20.0 Å². The van der Waals surface area contributed by atoms with E-state index < -0.39 is 35.1 Å². The summed E-state index contributed by atoms with van der Waals surface area (Å²) in [5, 5.41) is -0.0748. The molecule has 0 saturated carbocycles. The lowest BCUT2D eigenvalue weighted by Gasteiger charge is -1.86. The molecular formula is C5H12N5O14P3. The first-order valence-corrected chi connectivity index (χ1v) is 10.1. The molecular weight excluding hydrogens is 447 g/mol. The molecule has 2 rings (SSSR count). The number of rotatable bonds is 0. The van der Waals surface area contributed by atoms with E-state index in [0.717, 1.165) is 0 Å². The van der Waals surface area contributed by atoms with Gasteiger partial charge < -0.3 is 49.8 Å². The van der Waals surface area contributed by atoms with Crippen LogP contribution in [-0.2, 0) is 13.7 Å². The number of nitrogens with one attached hydrogen (secondary N) is 1. The highest BCUT2D eigenvalue weighted by atomic mass is 31.2. The Morgan fingerprint density at radius 2 is 1.07 bits per heavy atom. The molecule has 156 valence electrons. The molecule has 12 N–H and O–H groups in total. The molecule has 0 unspecified atom stereocenters. The highest BCUT2D eigenvalue weighted by molar-refractivity contribution is 7.45. The zero-order chi connectivity index (χ0) is 22.2. The highest BCUT2D eigenvalue weighted by Gasteiger charge is 2.09. The van der Waals surface area contributed by atoms with E-state index in [1.807, 2.05) is 0 Å². The van der Waals surface area contributed by atoms with Crippen LogP contribution < -0.4 is 22.1 Å². The number of amides is 2. The summed E-state index contributed by atoms with van der Waals surface area (Å²) >= 11 is 0. The van der Waals surface area contributed by atoms with Crippen LogP contribution in [0.2, 0.25) is 0 Å². The summed E-state index contributed by atoms with van der Waals surface area (Å²) < 4.78 is 26.6. The fourth-order valence-electron chi connectivity index (χ4n) is 0.862. The zero-order valence-electron chi connectivity index (χ0n) is 12.3. The highest BCUT2D eigenvalue weighted by Crippen LogP contribution is 2.26. The van der Waals surface area contributed by atoms with Crippen molar-refractivity contribution in [3.63, 3.8) is 0 Å². The summed E-state index contributed by atoms with van der Waals surface area (Å²) in [5.74, 6) is -0.0765. The van der Waals surface area contributed by atoms with Crippen molar-refractivity contribution in [2.75, 3.05) is 5.73 Å². The Morgan fingerprint density at radius 1 is 0.741 bits per heavy atom. The standard InChI is InChI=1S/C5H3N5O2.3H3O4P/c6-4-8-2-1(3(11)10-4)7-5(12)9-2;3*1-5(2,3)4/h(H3,6,8,9,10,11,12);3*(H3,1,2,3,4). The number of aromatic amines is 1. The minimum atomic E-state index is -4.64. The van der Waals surface area contributed by atoms with Crippen LogP contribution in [0, 0.1) is 0 Å². The Bertz CT molecular complexity index is 895. The van der Waals surface area contributed by atoms with Gasteiger partial charge >= 0.3 is 29.5 Å². The van der Waals surface area contributed by atoms with Crippen molar-refractivity contribution in [1.29, 1.82) is 0 Å². The second-order valence-corrected chi connectivity index (χ2v) is 6.75. The number of phosphoric acid groups is 3. The number of urea groups is 1. The van der Waals surface area contributed by atoms with E-state index in [1.165, 1.54) is 0 Å². The summed E-state index contributed by atoms with van der Waals surface area (Å²) in [5.41, 5.74) is 4.64. The summed E-state index contributed by atoms with van der Waals surface area (Å²) in [4.78, 5) is 98.8. The number of nitrogen functional groups attached to an aromatic ring is 1. The molecule has 0 atom stereocenters. The number of hydrogen-bond donors (Lipinski definition) is 11. The lowest BCUT2D eigenvalue weighted by atomic mass is 10.6. The van der Waals surface area contributed by atoms with Crippen LogP contribution in [0.15, 0.2) is 14.8 Å². The third-order valence-electron chi connectivity index (χ3n) is 1.30. The first-order valence-electron chi connectivity index (χ1n) is 5.39. The SMILES string of the molecule is Nc1nc2c(c(=O)[nH]1)=NC(=O)N=2.O=P(O)(O)O.O=P(O)(O)O.O=P(O)(O)O. The quantitative estimate of drug-likeness (QED) is 0.162. The second kappa shape index (κ2) is 10.6. The van der Waals surface area contributed by atoms with Gasteiger partial charge in [-0.1, -0.05) is 0 Å². The lowest BCUT2D eigenvalue weighted by molar-refractivity contribution is 0.256. The van der Waals surface area contributed by atoms with Gasteiger partial charge in [0.15, 0.2) is 10.8 Å². The van der Waals surface area contributed by atoms with Gasteiger partial charge in [-0.2, -0.15) is 15.0 Å². The zero-order valence-corrected chi connectivity index (χ0v) is 15.0. The number of nitrogens with two attached hydrogens (primary N) is 1. The van der Waals surface area contributed by atoms with Crippen molar-refractivity contribution in [3.05, 3.63) is 21.2 Å². The monoisotopic (exact) mass is 459 g/mol. The fraction of sp³-hybridized carbons (Fsp3) is 0. The fourth-order valence-corrected chi connectivity index (χ4v) is 0.862. The summed E-state index contributed by atoms with van der Waals surface area (Å²) in [6, 6.07) is -0.728. The average molecular weight is 459 g/mol. The van der Waals surface area contributed by atoms with Crippen molar-refractivity contribution < 1.29 is 62.5 Å². The van der Waals surface area contributed by atoms with Gasteiger partial charge in [-0.05, 0) is 0 Å². The normalized spacial score (nSPS) is 12.6. The van der Waals surface area contributed by atoms with Gasteiger partial charge in [0.1, 0.15) is 0 Å². The van der Waals surface area contributed by atoms with Crippen LogP contribution in [-0.4, -0.2) is 60.0 Å². The molecule has 22 heteroatoms. The van der Waals surface area contributed by atoms with Crippen LogP contribution >= 0.6 is 23.5 Å². The third-order valence-corrected chi connectivity index (χ3v) is 1.30. The number of anilines is 1. The van der Waals surface area contributed by atoms with Gasteiger partial charge in [0.05, 0.1) is 0 Å². The molecule has 0 bridgehead atoms. The number of carbonyl (C=O) groups excluding carboxylic acids is 1. The van der Waals surface area contributed by atoms with Crippen molar-refractivity contribution in [2.24, 2.45) is 9.98 Å². The molecule has 0 aromatic carbocycles. The maximum Gasteiger partial charge on any atom is 0.466 e. The molecule has 1 aromatic rings. The molecule has 0 spiro atoms. The molecule has 19 nitrogen and oxygen atoms in total. The van der Waals surface area contributed by atoms with Crippen LogP contribution in [0.3, 0.4) is 0 Å². The smallest absolute Gasteiger partial charge is 0.369 e. The van der Waals surface area contributed by atoms with Crippen LogP contribution in [0.25, 0.3) is 0 Å². The van der Waals surface area contributed by atoms with Crippen LogP contribution in [0.5, 0.6) is 0 Å². The molecule has 2 amide bonds. The number of H-pyrrole nitrogens is 1. The molecule has 2 heterocycles. The molecule has 27 heavy (non-hydrogen) atoms. The van der Waals surface area contributed by atoms with Gasteiger partial charge in [0, 0.05) is 0 Å². The van der Waals surface area contributed by atoms with E-state index in [4.69, 9.17) is 63.5 Å². The largest absolute Gasteiger partial charge is 0.466 e. The van der Waals surface area contributed by atoms with E-state index in [-0.39, 0.29) is 16.8 Å². The average Bonchev–Trinajstić information content (AvgIpc) is 2.62. The predicted octanol–water partition coefficient (Wildman–Crippen LogP) is -5.06. The summed E-state index contributed by atoms with van der Waals surface area (Å²) in [7, 11) is -13.9. The third kappa shape index (κ3) is 24.3. The van der Waals surface area contributed by atoms with Crippen molar-refractivity contribution in [2.45, 2.75) is 0 Å². The Balaban J connectivity index is 0. The van der Waals surface area contributed by atoms with E-state index in [0.29, 0.717) is 0 Å². The Kier molecular flexibility index (Phi) is 10.8. The van der Waals surface area contributed by atoms with Gasteiger partial charge in [-0.3, -0.25) is 9.78 Å². The van der Waals surface area contributed by atoms with Gasteiger partial charge in [0.2, 0.25) is 5.95 Å². The van der Waals surface area contributed by atoms with Crippen molar-refractivity contribution in [3.8, 4) is 0 Å². The molecule has 1 aromatic heterocycles. The van der Waals surface area contributed by atoms with E-state index in [9.17, 15) is 9.59 Å². The Morgan fingerprint density at radius 3 is 1.41 bits per heavy atom. The minimum Gasteiger partial charge on any atom is -0.369 e. The minimum absolute atomic E-state index is 0.0127. The van der Waals surface area contributed by atoms with Crippen LogP contribution in [0.1, 0.15) is 0 Å². The molecule has 0 radical (unpaired) electrons. The van der Waals surface area contributed by atoms with Crippen molar-refractivity contribution >= 4 is 35.4 Å². The topological polar surface area (TPSA) is 347 Å². The van der Waals surface area contributed by atoms with Crippen LogP contribution in [0.4, 0.5) is 10.7 Å². The number of carbonyl (C=O) groups is 1. The predicted molar refractivity (Wildman–Crippen MR) is 79.8 cm³/mol. The summed E-state index contributed by atoms with van der Waals surface area (Å²) in [6.07, 6.45) is 0. The number of nitrogens with zero attached hydrogens (tertiary/aromatic N) is 3. The summed E-state index contributed by atoms with van der Waals surface area (Å²) in [6.45, 7) is 0. The Hall–Kier alpha value is -1.72. The number of fused-ring (bicyclic) bond motifs is 1. The molecule has 0 saturated heterocycles. The van der Waals surface area contributed by atoms with Gasteiger partial charge in [-0.25, -0.2) is 18.5 Å². The van der Waals surface area contributed by atoms with E-state index in [1.54, 1.807) is 0 Å².